The molecule has 1 atom stereocenters. The lowest BCUT2D eigenvalue weighted by atomic mass is 10.0. The Morgan fingerprint density at radius 3 is 2.39 bits per heavy atom. The van der Waals surface area contributed by atoms with Crippen LogP contribution in [0.5, 0.6) is 0 Å². The van der Waals surface area contributed by atoms with E-state index in [-0.39, 0.29) is 11.8 Å². The summed E-state index contributed by atoms with van der Waals surface area (Å²) in [4.78, 5) is 23.4. The fourth-order valence-corrected chi connectivity index (χ4v) is 2.41. The van der Waals surface area contributed by atoms with Gasteiger partial charge in [0, 0.05) is 18.4 Å². The predicted octanol–water partition coefficient (Wildman–Crippen LogP) is 1.88. The van der Waals surface area contributed by atoms with E-state index in [1.807, 2.05) is 36.6 Å². The highest BCUT2D eigenvalue weighted by molar-refractivity contribution is 7.98. The van der Waals surface area contributed by atoms with Crippen LogP contribution in [-0.4, -0.2) is 29.4 Å². The Morgan fingerprint density at radius 1 is 1.28 bits per heavy atom. The smallest absolute Gasteiger partial charge is 0.250 e. The molecular weight excluding hydrogens is 248 g/mol. The predicted molar refractivity (Wildman–Crippen MR) is 75.7 cm³/mol. The second-order valence-electron chi connectivity index (χ2n) is 4.27. The highest BCUT2D eigenvalue weighted by Crippen LogP contribution is 2.15. The number of para-hydroxylation sites is 1. The van der Waals surface area contributed by atoms with Gasteiger partial charge < -0.3 is 10.6 Å². The second kappa shape index (κ2) is 6.44. The van der Waals surface area contributed by atoms with Crippen LogP contribution >= 0.6 is 11.8 Å². The van der Waals surface area contributed by atoms with Gasteiger partial charge in [0.2, 0.25) is 5.91 Å². The molecule has 0 aliphatic heterocycles. The third-order valence-electron chi connectivity index (χ3n) is 2.42. The fraction of sp³-hybridized carbons (Fsp3) is 0.385. The highest BCUT2D eigenvalue weighted by Gasteiger charge is 2.33. The fourth-order valence-electron chi connectivity index (χ4n) is 1.63. The van der Waals surface area contributed by atoms with Crippen LogP contribution < -0.4 is 10.6 Å². The van der Waals surface area contributed by atoms with Gasteiger partial charge in [-0.15, -0.1) is 0 Å². The molecule has 0 fully saturated rings. The minimum absolute atomic E-state index is 0.210. The van der Waals surface area contributed by atoms with Gasteiger partial charge in [-0.3, -0.25) is 9.59 Å². The van der Waals surface area contributed by atoms with Crippen molar-refractivity contribution in [1.29, 1.82) is 0 Å². The lowest BCUT2D eigenvalue weighted by Gasteiger charge is -2.28. The van der Waals surface area contributed by atoms with Gasteiger partial charge in [-0.2, -0.15) is 11.8 Å². The molecule has 1 rings (SSSR count). The molecule has 2 N–H and O–H groups in total. The Bertz CT molecular complexity index is 422. The van der Waals surface area contributed by atoms with Crippen molar-refractivity contribution >= 4 is 29.3 Å². The van der Waals surface area contributed by atoms with E-state index < -0.39 is 5.54 Å². The third kappa shape index (κ3) is 4.07. The molecule has 5 heteroatoms. The molecule has 0 spiro atoms. The van der Waals surface area contributed by atoms with Crippen molar-refractivity contribution in [2.75, 3.05) is 17.3 Å². The van der Waals surface area contributed by atoms with Crippen molar-refractivity contribution in [3.05, 3.63) is 30.3 Å². The maximum absolute atomic E-state index is 12.2. The summed E-state index contributed by atoms with van der Waals surface area (Å²) in [5, 5.41) is 5.51. The van der Waals surface area contributed by atoms with Crippen LogP contribution in [0.25, 0.3) is 0 Å². The van der Waals surface area contributed by atoms with Crippen molar-refractivity contribution < 1.29 is 9.59 Å². The van der Waals surface area contributed by atoms with Crippen LogP contribution in [0, 0.1) is 0 Å². The summed E-state index contributed by atoms with van der Waals surface area (Å²) in [7, 11) is 0. The number of benzene rings is 1. The molecule has 0 aromatic heterocycles. The maximum atomic E-state index is 12.2. The van der Waals surface area contributed by atoms with Gasteiger partial charge in [-0.1, -0.05) is 18.2 Å². The van der Waals surface area contributed by atoms with E-state index in [4.69, 9.17) is 0 Å². The number of nitrogens with one attached hydrogen (secondary N) is 2. The van der Waals surface area contributed by atoms with Gasteiger partial charge in [0.1, 0.15) is 5.54 Å². The molecule has 0 aliphatic carbocycles. The first-order valence-corrected chi connectivity index (χ1v) is 7.01. The minimum Gasteiger partial charge on any atom is -0.341 e. The quantitative estimate of drug-likeness (QED) is 0.855. The van der Waals surface area contributed by atoms with E-state index in [0.29, 0.717) is 5.75 Å². The molecule has 0 aliphatic rings. The first-order chi connectivity index (χ1) is 8.48. The van der Waals surface area contributed by atoms with Gasteiger partial charge in [0.05, 0.1) is 0 Å². The normalized spacial score (nSPS) is 13.5. The molecule has 1 aromatic carbocycles. The Hall–Kier alpha value is -1.49. The number of carbonyl (C=O) groups excluding carboxylic acids is 2. The monoisotopic (exact) mass is 266 g/mol. The van der Waals surface area contributed by atoms with Gasteiger partial charge in [0.25, 0.3) is 5.91 Å². The summed E-state index contributed by atoms with van der Waals surface area (Å²) in [6.07, 6.45) is 1.90. The Labute approximate surface area is 112 Å². The topological polar surface area (TPSA) is 58.2 Å². The van der Waals surface area contributed by atoms with Crippen LogP contribution in [0.4, 0.5) is 5.69 Å². The van der Waals surface area contributed by atoms with Gasteiger partial charge in [-0.25, -0.2) is 0 Å². The molecule has 98 valence electrons. The molecule has 0 heterocycles. The van der Waals surface area contributed by atoms with Crippen LogP contribution in [0.2, 0.25) is 0 Å². The van der Waals surface area contributed by atoms with Crippen LogP contribution in [0.1, 0.15) is 13.8 Å². The molecule has 0 saturated carbocycles. The van der Waals surface area contributed by atoms with Gasteiger partial charge >= 0.3 is 0 Å². The van der Waals surface area contributed by atoms with Crippen molar-refractivity contribution in [2.24, 2.45) is 0 Å². The zero-order chi connectivity index (χ0) is 13.6. The molecule has 0 bridgehead atoms. The van der Waals surface area contributed by atoms with Crippen molar-refractivity contribution in [3.63, 3.8) is 0 Å². The number of hydrogen-bond donors (Lipinski definition) is 2. The first-order valence-electron chi connectivity index (χ1n) is 5.62. The van der Waals surface area contributed by atoms with Crippen LogP contribution in [0.3, 0.4) is 0 Å². The number of hydrogen-bond acceptors (Lipinski definition) is 3. The third-order valence-corrected chi connectivity index (χ3v) is 3.28. The van der Waals surface area contributed by atoms with Crippen LogP contribution in [0.15, 0.2) is 30.3 Å². The van der Waals surface area contributed by atoms with E-state index in [0.717, 1.165) is 5.69 Å². The molecule has 1 aromatic rings. The summed E-state index contributed by atoms with van der Waals surface area (Å²) in [6.45, 7) is 3.14. The van der Waals surface area contributed by atoms with Gasteiger partial charge in [-0.05, 0) is 25.3 Å². The SMILES string of the molecule is CSCC(C)(NC(C)=O)C(=O)Nc1ccccc1. The summed E-state index contributed by atoms with van der Waals surface area (Å²) in [5.74, 6) is 0.0960. The molecule has 0 saturated heterocycles. The lowest BCUT2D eigenvalue weighted by molar-refractivity contribution is -0.128. The molecule has 0 radical (unpaired) electrons. The number of amides is 2. The number of carbonyl (C=O) groups is 2. The lowest BCUT2D eigenvalue weighted by Crippen LogP contribution is -2.56. The average molecular weight is 266 g/mol. The molecule has 18 heavy (non-hydrogen) atoms. The maximum Gasteiger partial charge on any atom is 0.250 e. The summed E-state index contributed by atoms with van der Waals surface area (Å²) >= 11 is 1.51. The number of rotatable bonds is 5. The standard InChI is InChI=1S/C13H18N2O2S/c1-10(16)15-13(2,9-18-3)12(17)14-11-7-5-4-6-8-11/h4-8H,9H2,1-3H3,(H,14,17)(H,15,16). The largest absolute Gasteiger partial charge is 0.341 e. The average Bonchev–Trinajstić information content (AvgIpc) is 2.29. The Kier molecular flexibility index (Phi) is 5.22. The Balaban J connectivity index is 2.80. The molecular formula is C13H18N2O2S. The summed E-state index contributed by atoms with van der Waals surface area (Å²) in [5.41, 5.74) is -0.179. The van der Waals surface area contributed by atoms with Crippen LogP contribution in [-0.2, 0) is 9.59 Å². The van der Waals surface area contributed by atoms with Crippen molar-refractivity contribution in [2.45, 2.75) is 19.4 Å². The van der Waals surface area contributed by atoms with Gasteiger partial charge in [0.15, 0.2) is 0 Å². The summed E-state index contributed by atoms with van der Waals surface area (Å²) in [6, 6.07) is 9.20. The van der Waals surface area contributed by atoms with E-state index in [9.17, 15) is 9.59 Å². The molecule has 1 unspecified atom stereocenters. The minimum atomic E-state index is -0.902. The molecule has 4 nitrogen and oxygen atoms in total. The Morgan fingerprint density at radius 2 is 1.89 bits per heavy atom. The first kappa shape index (κ1) is 14.6. The zero-order valence-electron chi connectivity index (χ0n) is 10.8. The van der Waals surface area contributed by atoms with E-state index in [1.54, 1.807) is 6.92 Å². The van der Waals surface area contributed by atoms with Crippen molar-refractivity contribution in [1.82, 2.24) is 5.32 Å². The summed E-state index contributed by atoms with van der Waals surface area (Å²) < 4.78 is 0. The molecule has 2 amide bonds. The van der Waals surface area contributed by atoms with Crippen molar-refractivity contribution in [3.8, 4) is 0 Å². The highest BCUT2D eigenvalue weighted by atomic mass is 32.2. The number of thioether (sulfide) groups is 1. The van der Waals surface area contributed by atoms with E-state index >= 15 is 0 Å². The zero-order valence-corrected chi connectivity index (χ0v) is 11.6. The second-order valence-corrected chi connectivity index (χ2v) is 5.13. The van der Waals surface area contributed by atoms with E-state index in [1.165, 1.54) is 18.7 Å². The van der Waals surface area contributed by atoms with E-state index in [2.05, 4.69) is 10.6 Å². The number of anilines is 1.